The standard InChI is InChI=1S/C14H24N4O2/c1-17(7-9-19-11-12-4-3-8-20-12)10-14-16-15-13-5-2-6-18(13)14/h12H,2-11H2,1H3/t12-/m1/s1. The van der Waals surface area contributed by atoms with E-state index in [-0.39, 0.29) is 0 Å². The van der Waals surface area contributed by atoms with Gasteiger partial charge in [0.2, 0.25) is 0 Å². The van der Waals surface area contributed by atoms with Crippen LogP contribution in [0.25, 0.3) is 0 Å². The molecule has 112 valence electrons. The van der Waals surface area contributed by atoms with Crippen LogP contribution in [-0.4, -0.2) is 59.2 Å². The molecule has 20 heavy (non-hydrogen) atoms. The van der Waals surface area contributed by atoms with Crippen LogP contribution in [0.5, 0.6) is 0 Å². The number of aromatic nitrogens is 3. The highest BCUT2D eigenvalue weighted by Gasteiger charge is 2.18. The van der Waals surface area contributed by atoms with Gasteiger partial charge < -0.3 is 14.0 Å². The summed E-state index contributed by atoms with van der Waals surface area (Å²) >= 11 is 0. The molecule has 1 fully saturated rings. The molecule has 0 bridgehead atoms. The maximum atomic E-state index is 5.69. The van der Waals surface area contributed by atoms with Gasteiger partial charge >= 0.3 is 0 Å². The largest absolute Gasteiger partial charge is 0.377 e. The molecule has 1 atom stereocenters. The summed E-state index contributed by atoms with van der Waals surface area (Å²) in [4.78, 5) is 2.24. The smallest absolute Gasteiger partial charge is 0.147 e. The zero-order valence-corrected chi connectivity index (χ0v) is 12.3. The fourth-order valence-corrected chi connectivity index (χ4v) is 2.86. The molecule has 0 radical (unpaired) electrons. The van der Waals surface area contributed by atoms with Crippen LogP contribution in [-0.2, 0) is 29.0 Å². The van der Waals surface area contributed by atoms with Gasteiger partial charge in [0.1, 0.15) is 11.6 Å². The first-order valence-corrected chi connectivity index (χ1v) is 7.62. The Labute approximate surface area is 120 Å². The van der Waals surface area contributed by atoms with Gasteiger partial charge in [-0.25, -0.2) is 0 Å². The molecule has 0 saturated carbocycles. The van der Waals surface area contributed by atoms with Crippen molar-refractivity contribution < 1.29 is 9.47 Å². The summed E-state index contributed by atoms with van der Waals surface area (Å²) in [5, 5.41) is 8.52. The highest BCUT2D eigenvalue weighted by molar-refractivity contribution is 5.00. The lowest BCUT2D eigenvalue weighted by Crippen LogP contribution is -2.26. The second-order valence-corrected chi connectivity index (χ2v) is 5.74. The molecular weight excluding hydrogens is 256 g/mol. The Kier molecular flexibility index (Phi) is 4.65. The molecule has 0 unspecified atom stereocenters. The van der Waals surface area contributed by atoms with Crippen LogP contribution in [0.1, 0.15) is 30.9 Å². The van der Waals surface area contributed by atoms with Crippen molar-refractivity contribution in [2.24, 2.45) is 0 Å². The number of likely N-dealkylation sites (N-methyl/N-ethyl adjacent to an activating group) is 1. The van der Waals surface area contributed by atoms with Crippen molar-refractivity contribution in [2.45, 2.75) is 44.9 Å². The predicted octanol–water partition coefficient (Wildman–Crippen LogP) is 0.852. The summed E-state index contributed by atoms with van der Waals surface area (Å²) in [5.41, 5.74) is 0. The number of hydrogen-bond acceptors (Lipinski definition) is 5. The van der Waals surface area contributed by atoms with Crippen LogP contribution in [0.15, 0.2) is 0 Å². The van der Waals surface area contributed by atoms with Crippen LogP contribution >= 0.6 is 0 Å². The molecule has 0 aromatic carbocycles. The summed E-state index contributed by atoms with van der Waals surface area (Å²) < 4.78 is 13.5. The highest BCUT2D eigenvalue weighted by atomic mass is 16.5. The van der Waals surface area contributed by atoms with Crippen LogP contribution in [0.3, 0.4) is 0 Å². The quantitative estimate of drug-likeness (QED) is 0.693. The molecule has 3 rings (SSSR count). The van der Waals surface area contributed by atoms with Gasteiger partial charge in [0.25, 0.3) is 0 Å². The van der Waals surface area contributed by atoms with Crippen molar-refractivity contribution in [1.82, 2.24) is 19.7 Å². The molecule has 6 heteroatoms. The molecule has 3 heterocycles. The zero-order valence-electron chi connectivity index (χ0n) is 12.3. The van der Waals surface area contributed by atoms with E-state index in [1.165, 1.54) is 12.8 Å². The Hall–Kier alpha value is -0.980. The van der Waals surface area contributed by atoms with Gasteiger partial charge in [-0.3, -0.25) is 4.90 Å². The summed E-state index contributed by atoms with van der Waals surface area (Å²) in [7, 11) is 2.10. The van der Waals surface area contributed by atoms with Crippen molar-refractivity contribution in [3.05, 3.63) is 11.6 Å². The van der Waals surface area contributed by atoms with Crippen molar-refractivity contribution in [3.8, 4) is 0 Å². The molecule has 0 amide bonds. The molecule has 2 aliphatic rings. The van der Waals surface area contributed by atoms with E-state index >= 15 is 0 Å². The second-order valence-electron chi connectivity index (χ2n) is 5.74. The fourth-order valence-electron chi connectivity index (χ4n) is 2.86. The lowest BCUT2D eigenvalue weighted by Gasteiger charge is -2.17. The van der Waals surface area contributed by atoms with Crippen molar-refractivity contribution in [1.29, 1.82) is 0 Å². The van der Waals surface area contributed by atoms with Crippen LogP contribution in [0.4, 0.5) is 0 Å². The lowest BCUT2D eigenvalue weighted by molar-refractivity contribution is 0.0115. The van der Waals surface area contributed by atoms with E-state index in [1.54, 1.807) is 0 Å². The van der Waals surface area contributed by atoms with Gasteiger partial charge in [0.05, 0.1) is 25.9 Å². The summed E-state index contributed by atoms with van der Waals surface area (Å²) in [6.07, 6.45) is 4.90. The Bertz CT molecular complexity index is 429. The number of hydrogen-bond donors (Lipinski definition) is 0. The molecule has 2 aliphatic heterocycles. The molecule has 6 nitrogen and oxygen atoms in total. The molecule has 1 aromatic rings. The Morgan fingerprint density at radius 1 is 1.40 bits per heavy atom. The molecule has 1 saturated heterocycles. The van der Waals surface area contributed by atoms with E-state index in [0.717, 1.165) is 63.9 Å². The number of aryl methyl sites for hydroxylation is 1. The lowest BCUT2D eigenvalue weighted by atomic mass is 10.2. The zero-order chi connectivity index (χ0) is 13.8. The maximum Gasteiger partial charge on any atom is 0.147 e. The van der Waals surface area contributed by atoms with Gasteiger partial charge in [-0.05, 0) is 26.3 Å². The SMILES string of the molecule is CN(CCOC[C@H]1CCCO1)Cc1nnc2n1CCC2. The Balaban J connectivity index is 1.35. The number of ether oxygens (including phenoxy) is 2. The minimum atomic E-state index is 0.320. The third-order valence-electron chi connectivity index (χ3n) is 4.04. The monoisotopic (exact) mass is 280 g/mol. The van der Waals surface area contributed by atoms with Crippen LogP contribution < -0.4 is 0 Å². The summed E-state index contributed by atoms with van der Waals surface area (Å²) in [6.45, 7) is 5.20. The number of fused-ring (bicyclic) bond motifs is 1. The first-order valence-electron chi connectivity index (χ1n) is 7.62. The third-order valence-corrected chi connectivity index (χ3v) is 4.04. The molecule has 0 spiro atoms. The first-order chi connectivity index (χ1) is 9.83. The average molecular weight is 280 g/mol. The molecule has 0 aliphatic carbocycles. The number of rotatable bonds is 7. The van der Waals surface area contributed by atoms with E-state index < -0.39 is 0 Å². The van der Waals surface area contributed by atoms with Crippen molar-refractivity contribution in [2.75, 3.05) is 33.4 Å². The van der Waals surface area contributed by atoms with E-state index in [9.17, 15) is 0 Å². The van der Waals surface area contributed by atoms with E-state index in [2.05, 4.69) is 26.7 Å². The van der Waals surface area contributed by atoms with E-state index in [1.807, 2.05) is 0 Å². The minimum absolute atomic E-state index is 0.320. The van der Waals surface area contributed by atoms with Crippen LogP contribution in [0, 0.1) is 0 Å². The van der Waals surface area contributed by atoms with E-state index in [0.29, 0.717) is 6.10 Å². The van der Waals surface area contributed by atoms with Gasteiger partial charge in [0.15, 0.2) is 0 Å². The summed E-state index contributed by atoms with van der Waals surface area (Å²) in [5.74, 6) is 2.22. The van der Waals surface area contributed by atoms with Gasteiger partial charge in [0, 0.05) is 26.1 Å². The second kappa shape index (κ2) is 6.65. The van der Waals surface area contributed by atoms with Crippen molar-refractivity contribution in [3.63, 3.8) is 0 Å². The summed E-state index contributed by atoms with van der Waals surface area (Å²) in [6, 6.07) is 0. The van der Waals surface area contributed by atoms with Crippen molar-refractivity contribution >= 4 is 0 Å². The fraction of sp³-hybridized carbons (Fsp3) is 0.857. The van der Waals surface area contributed by atoms with Gasteiger partial charge in [-0.2, -0.15) is 0 Å². The van der Waals surface area contributed by atoms with Gasteiger partial charge in [-0.15, -0.1) is 10.2 Å². The topological polar surface area (TPSA) is 52.4 Å². The van der Waals surface area contributed by atoms with Gasteiger partial charge in [-0.1, -0.05) is 0 Å². The first kappa shape index (κ1) is 14.0. The molecule has 1 aromatic heterocycles. The number of nitrogens with zero attached hydrogens (tertiary/aromatic N) is 4. The maximum absolute atomic E-state index is 5.69. The van der Waals surface area contributed by atoms with Crippen LogP contribution in [0.2, 0.25) is 0 Å². The minimum Gasteiger partial charge on any atom is -0.377 e. The Morgan fingerprint density at radius 2 is 2.35 bits per heavy atom. The normalized spacial score (nSPS) is 21.8. The third kappa shape index (κ3) is 3.37. The Morgan fingerprint density at radius 3 is 3.20 bits per heavy atom. The predicted molar refractivity (Wildman–Crippen MR) is 74.5 cm³/mol. The van der Waals surface area contributed by atoms with E-state index in [4.69, 9.17) is 9.47 Å². The molecule has 0 N–H and O–H groups in total. The average Bonchev–Trinajstić information content (AvgIpc) is 3.14. The highest BCUT2D eigenvalue weighted by Crippen LogP contribution is 2.15. The molecular formula is C14H24N4O2.